The number of benzene rings is 2. The Bertz CT molecular complexity index is 1170. The molecule has 0 unspecified atom stereocenters. The van der Waals surface area contributed by atoms with Crippen LogP contribution in [-0.4, -0.2) is 18.7 Å². The van der Waals surface area contributed by atoms with Gasteiger partial charge in [-0.15, -0.1) is 0 Å². The Morgan fingerprint density at radius 1 is 1.04 bits per heavy atom. The molecule has 24 heavy (non-hydrogen) atoms. The zero-order valence-corrected chi connectivity index (χ0v) is 13.8. The number of aromatic nitrogens is 1. The number of fused-ring (bicyclic) bond motifs is 4. The number of nitrogens with zero attached hydrogens (tertiary/aromatic N) is 1. The predicted molar refractivity (Wildman–Crippen MR) is 87.6 cm³/mol. The zero-order chi connectivity index (χ0) is 16.9. The maximum Gasteiger partial charge on any atom is 0.344 e. The van der Waals surface area contributed by atoms with E-state index in [-0.39, 0.29) is 12.2 Å². The molecular formula is C17H15NO5S. The summed E-state index contributed by atoms with van der Waals surface area (Å²) in [7, 11) is -4.21. The third-order valence-corrected chi connectivity index (χ3v) is 4.95. The van der Waals surface area contributed by atoms with E-state index in [0.29, 0.717) is 18.0 Å². The molecule has 2 aromatic heterocycles. The number of hydrogen-bond donors (Lipinski definition) is 0. The summed E-state index contributed by atoms with van der Waals surface area (Å²) < 4.78 is 45.9. The number of oxazole rings is 1. The van der Waals surface area contributed by atoms with Gasteiger partial charge in [-0.2, -0.15) is 4.57 Å². The van der Waals surface area contributed by atoms with Gasteiger partial charge in [0.05, 0.1) is 17.0 Å². The van der Waals surface area contributed by atoms with Crippen molar-refractivity contribution in [1.82, 2.24) is 0 Å². The number of rotatable bonds is 4. The van der Waals surface area contributed by atoms with Crippen molar-refractivity contribution in [2.75, 3.05) is 5.75 Å². The molecule has 0 atom stereocenters. The minimum Gasteiger partial charge on any atom is -0.748 e. The fraction of sp³-hybridized carbons (Fsp3) is 0.235. The van der Waals surface area contributed by atoms with Crippen LogP contribution in [0.3, 0.4) is 0 Å². The number of furan rings is 1. The summed E-state index contributed by atoms with van der Waals surface area (Å²) in [4.78, 5) is 0. The fourth-order valence-corrected chi connectivity index (χ4v) is 3.58. The molecule has 2 heterocycles. The van der Waals surface area contributed by atoms with Gasteiger partial charge in [-0.3, -0.25) is 0 Å². The van der Waals surface area contributed by atoms with Crippen LogP contribution >= 0.6 is 0 Å². The van der Waals surface area contributed by atoms with Gasteiger partial charge in [0.15, 0.2) is 6.54 Å². The van der Waals surface area contributed by atoms with E-state index >= 15 is 0 Å². The van der Waals surface area contributed by atoms with Crippen LogP contribution in [0.1, 0.15) is 12.3 Å². The normalized spacial score (nSPS) is 12.6. The Balaban J connectivity index is 1.84. The van der Waals surface area contributed by atoms with Gasteiger partial charge in [0, 0.05) is 35.1 Å². The molecule has 124 valence electrons. The summed E-state index contributed by atoms with van der Waals surface area (Å²) in [5, 5.41) is 1.99. The van der Waals surface area contributed by atoms with Crippen molar-refractivity contribution >= 4 is 43.2 Å². The molecule has 0 aliphatic carbocycles. The standard InChI is InChI=1S/C17H15NO5S/c1-11-18(7-4-8-24(19,20)21)14-9-13-12-5-2-3-6-15(12)23-16(13)10-17(14)22-11/h2-3,5-6,9-10H,4,7-8H2,1H3. The summed E-state index contributed by atoms with van der Waals surface area (Å²) in [5.41, 5.74) is 3.08. The minimum absolute atomic E-state index is 0.246. The molecule has 2 aromatic carbocycles. The van der Waals surface area contributed by atoms with Crippen LogP contribution in [0, 0.1) is 6.92 Å². The first kappa shape index (κ1) is 15.2. The van der Waals surface area contributed by atoms with Crippen LogP contribution in [0.2, 0.25) is 0 Å². The second-order valence-corrected chi connectivity index (χ2v) is 7.33. The summed E-state index contributed by atoms with van der Waals surface area (Å²) in [6.45, 7) is 2.22. The summed E-state index contributed by atoms with van der Waals surface area (Å²) in [6.07, 6.45) is 0.246. The zero-order valence-electron chi connectivity index (χ0n) is 13.0. The number of aryl methyl sites for hydroxylation is 2. The van der Waals surface area contributed by atoms with Crippen molar-refractivity contribution in [3.05, 3.63) is 42.3 Å². The van der Waals surface area contributed by atoms with Crippen LogP contribution in [0.4, 0.5) is 0 Å². The van der Waals surface area contributed by atoms with Crippen molar-refractivity contribution in [3.63, 3.8) is 0 Å². The van der Waals surface area contributed by atoms with Gasteiger partial charge >= 0.3 is 5.89 Å². The Hall–Kier alpha value is -2.38. The second kappa shape index (κ2) is 5.32. The Morgan fingerprint density at radius 3 is 2.62 bits per heavy atom. The van der Waals surface area contributed by atoms with Gasteiger partial charge in [0.25, 0.3) is 5.52 Å². The van der Waals surface area contributed by atoms with Gasteiger partial charge in [-0.1, -0.05) is 18.2 Å². The molecule has 7 heteroatoms. The summed E-state index contributed by atoms with van der Waals surface area (Å²) in [5.74, 6) is 0.272. The lowest BCUT2D eigenvalue weighted by atomic mass is 10.1. The highest BCUT2D eigenvalue weighted by atomic mass is 32.2. The molecular weight excluding hydrogens is 330 g/mol. The lowest BCUT2D eigenvalue weighted by molar-refractivity contribution is -0.682. The number of hydrogen-bond acceptors (Lipinski definition) is 5. The van der Waals surface area contributed by atoms with E-state index < -0.39 is 10.1 Å². The Morgan fingerprint density at radius 2 is 1.83 bits per heavy atom. The third kappa shape index (κ3) is 2.55. The third-order valence-electron chi connectivity index (χ3n) is 4.16. The van der Waals surface area contributed by atoms with E-state index in [9.17, 15) is 13.0 Å². The molecule has 4 rings (SSSR count). The van der Waals surface area contributed by atoms with Crippen LogP contribution in [0.25, 0.3) is 33.0 Å². The Labute approximate surface area is 138 Å². The van der Waals surface area contributed by atoms with Gasteiger partial charge < -0.3 is 13.4 Å². The van der Waals surface area contributed by atoms with Gasteiger partial charge in [-0.05, 0) is 6.07 Å². The van der Waals surface area contributed by atoms with Gasteiger partial charge in [0.1, 0.15) is 11.2 Å². The molecule has 0 N–H and O–H groups in total. The molecule has 0 radical (unpaired) electrons. The van der Waals surface area contributed by atoms with Gasteiger partial charge in [0.2, 0.25) is 5.58 Å². The fourth-order valence-electron chi connectivity index (χ4n) is 3.10. The predicted octanol–water partition coefficient (Wildman–Crippen LogP) is 2.86. The maximum atomic E-state index is 10.8. The molecule has 0 bridgehead atoms. The second-order valence-electron chi connectivity index (χ2n) is 5.80. The highest BCUT2D eigenvalue weighted by Crippen LogP contribution is 2.31. The average molecular weight is 345 g/mol. The maximum absolute atomic E-state index is 10.8. The molecule has 4 aromatic rings. The highest BCUT2D eigenvalue weighted by molar-refractivity contribution is 7.85. The number of para-hydroxylation sites is 1. The minimum atomic E-state index is -4.21. The topological polar surface area (TPSA) is 87.4 Å². The lowest BCUT2D eigenvalue weighted by Crippen LogP contribution is -2.36. The van der Waals surface area contributed by atoms with E-state index in [0.717, 1.165) is 27.5 Å². The molecule has 0 saturated carbocycles. The summed E-state index contributed by atoms with van der Waals surface area (Å²) >= 11 is 0. The lowest BCUT2D eigenvalue weighted by Gasteiger charge is -2.03. The van der Waals surface area contributed by atoms with Crippen LogP contribution in [-0.2, 0) is 16.7 Å². The molecule has 0 fully saturated rings. The van der Waals surface area contributed by atoms with Crippen molar-refractivity contribution in [3.8, 4) is 0 Å². The van der Waals surface area contributed by atoms with E-state index in [1.54, 1.807) is 0 Å². The molecule has 0 amide bonds. The van der Waals surface area contributed by atoms with E-state index in [2.05, 4.69) is 0 Å². The molecule has 6 nitrogen and oxygen atoms in total. The molecule has 0 spiro atoms. The largest absolute Gasteiger partial charge is 0.748 e. The highest BCUT2D eigenvalue weighted by Gasteiger charge is 2.21. The monoisotopic (exact) mass is 345 g/mol. The van der Waals surface area contributed by atoms with E-state index in [4.69, 9.17) is 8.83 Å². The molecule has 0 aliphatic heterocycles. The average Bonchev–Trinajstić information content (AvgIpc) is 3.01. The van der Waals surface area contributed by atoms with Crippen LogP contribution < -0.4 is 4.57 Å². The molecule has 0 saturated heterocycles. The van der Waals surface area contributed by atoms with Crippen molar-refractivity contribution in [2.24, 2.45) is 0 Å². The van der Waals surface area contributed by atoms with E-state index in [1.165, 1.54) is 0 Å². The molecule has 0 aliphatic rings. The summed E-state index contributed by atoms with van der Waals surface area (Å²) in [6, 6.07) is 11.6. The van der Waals surface area contributed by atoms with Gasteiger partial charge in [-0.25, -0.2) is 8.42 Å². The first-order valence-corrected chi connectivity index (χ1v) is 9.18. The first-order chi connectivity index (χ1) is 11.4. The quantitative estimate of drug-likeness (QED) is 0.419. The SMILES string of the molecule is Cc1oc2cc3oc4ccccc4c3cc2[n+]1CCCS(=O)(=O)[O-]. The van der Waals surface area contributed by atoms with Crippen LogP contribution in [0.5, 0.6) is 0 Å². The van der Waals surface area contributed by atoms with Crippen molar-refractivity contribution in [1.29, 1.82) is 0 Å². The smallest absolute Gasteiger partial charge is 0.344 e. The van der Waals surface area contributed by atoms with Crippen molar-refractivity contribution < 1.29 is 26.4 Å². The van der Waals surface area contributed by atoms with Crippen molar-refractivity contribution in [2.45, 2.75) is 19.9 Å². The van der Waals surface area contributed by atoms with Crippen LogP contribution in [0.15, 0.2) is 45.2 Å². The Kier molecular flexibility index (Phi) is 3.36. The first-order valence-electron chi connectivity index (χ1n) is 7.60. The van der Waals surface area contributed by atoms with E-state index in [1.807, 2.05) is 47.9 Å².